The van der Waals surface area contributed by atoms with Crippen molar-refractivity contribution in [1.82, 2.24) is 15.4 Å². The zero-order valence-corrected chi connectivity index (χ0v) is 14.1. The highest BCUT2D eigenvalue weighted by Gasteiger charge is 2.40. The van der Waals surface area contributed by atoms with Gasteiger partial charge in [-0.3, -0.25) is 14.8 Å². The predicted molar refractivity (Wildman–Crippen MR) is 83.9 cm³/mol. The van der Waals surface area contributed by atoms with Crippen molar-refractivity contribution in [3.63, 3.8) is 0 Å². The van der Waals surface area contributed by atoms with Crippen molar-refractivity contribution in [2.75, 3.05) is 6.54 Å². The van der Waals surface area contributed by atoms with E-state index >= 15 is 0 Å². The smallest absolute Gasteiger partial charge is 0.272 e. The molecule has 0 unspecified atom stereocenters. The van der Waals surface area contributed by atoms with E-state index in [1.807, 2.05) is 6.92 Å². The van der Waals surface area contributed by atoms with Gasteiger partial charge in [0.25, 0.3) is 5.91 Å². The summed E-state index contributed by atoms with van der Waals surface area (Å²) in [6.07, 6.45) is 3.47. The number of amides is 2. The topological polar surface area (TPSA) is 116 Å². The third-order valence-corrected chi connectivity index (χ3v) is 4.41. The highest BCUT2D eigenvalue weighted by molar-refractivity contribution is 5.89. The van der Waals surface area contributed by atoms with Crippen LogP contribution in [0.5, 0.6) is 0 Å². The summed E-state index contributed by atoms with van der Waals surface area (Å²) in [7, 11) is 0. The summed E-state index contributed by atoms with van der Waals surface area (Å²) < 4.78 is 5.55. The molecule has 3 N–H and O–H groups in total. The molecule has 0 aromatic carbocycles. The van der Waals surface area contributed by atoms with Crippen LogP contribution in [0.4, 0.5) is 0 Å². The van der Waals surface area contributed by atoms with Crippen LogP contribution in [0.3, 0.4) is 0 Å². The Morgan fingerprint density at radius 3 is 2.88 bits per heavy atom. The first kappa shape index (κ1) is 18.4. The van der Waals surface area contributed by atoms with Crippen LogP contribution in [0.15, 0.2) is 10.6 Å². The molecule has 8 heteroatoms. The molecule has 3 atom stereocenters. The van der Waals surface area contributed by atoms with Gasteiger partial charge in [-0.1, -0.05) is 19.8 Å². The Morgan fingerprint density at radius 2 is 2.29 bits per heavy atom. The van der Waals surface area contributed by atoms with E-state index in [1.54, 1.807) is 18.0 Å². The standard InChI is InChI=1S/C16H25N3O5/c1-3-4-6-11(13(20)14(21)18-23)16(22)19-8-5-7-12(19)15-17-9-10(2)24-15/h9,11-13,20,23H,3-8H2,1-2H3,(H,18,21)/t11-,12+,13+/m1/s1. The molecule has 24 heavy (non-hydrogen) atoms. The average molecular weight is 339 g/mol. The van der Waals surface area contributed by atoms with Gasteiger partial charge in [0.05, 0.1) is 12.1 Å². The molecule has 1 aromatic rings. The Morgan fingerprint density at radius 1 is 1.54 bits per heavy atom. The maximum Gasteiger partial charge on any atom is 0.272 e. The number of aromatic nitrogens is 1. The molecule has 1 aliphatic rings. The van der Waals surface area contributed by atoms with E-state index in [0.717, 1.165) is 19.3 Å². The van der Waals surface area contributed by atoms with E-state index in [2.05, 4.69) is 4.98 Å². The van der Waals surface area contributed by atoms with Crippen LogP contribution in [0, 0.1) is 12.8 Å². The second-order valence-corrected chi connectivity index (χ2v) is 6.17. The quantitative estimate of drug-likeness (QED) is 0.510. The lowest BCUT2D eigenvalue weighted by Gasteiger charge is -2.29. The number of likely N-dealkylation sites (tertiary alicyclic amines) is 1. The molecule has 8 nitrogen and oxygen atoms in total. The van der Waals surface area contributed by atoms with Crippen LogP contribution in [0.25, 0.3) is 0 Å². The highest BCUT2D eigenvalue weighted by atomic mass is 16.5. The zero-order valence-electron chi connectivity index (χ0n) is 14.1. The second-order valence-electron chi connectivity index (χ2n) is 6.17. The number of nitrogens with one attached hydrogen (secondary N) is 1. The number of hydroxylamine groups is 1. The predicted octanol–water partition coefficient (Wildman–Crippen LogP) is 1.32. The molecule has 0 radical (unpaired) electrons. The van der Waals surface area contributed by atoms with Gasteiger partial charge in [0.15, 0.2) is 0 Å². The first-order chi connectivity index (χ1) is 11.5. The highest BCUT2D eigenvalue weighted by Crippen LogP contribution is 2.34. The van der Waals surface area contributed by atoms with Crippen LogP contribution in [-0.4, -0.2) is 44.7 Å². The number of nitrogens with zero attached hydrogens (tertiary/aromatic N) is 2. The largest absolute Gasteiger partial charge is 0.444 e. The molecule has 0 aliphatic carbocycles. The molecule has 1 fully saturated rings. The minimum absolute atomic E-state index is 0.278. The lowest BCUT2D eigenvalue weighted by atomic mass is 9.93. The normalized spacial score (nSPS) is 20.0. The monoisotopic (exact) mass is 339 g/mol. The summed E-state index contributed by atoms with van der Waals surface area (Å²) in [5, 5.41) is 18.9. The fourth-order valence-electron chi connectivity index (χ4n) is 3.12. The van der Waals surface area contributed by atoms with Crippen LogP contribution in [-0.2, 0) is 9.59 Å². The Bertz CT molecular complexity index is 574. The van der Waals surface area contributed by atoms with E-state index in [0.29, 0.717) is 31.0 Å². The Hall–Kier alpha value is -1.93. The van der Waals surface area contributed by atoms with Crippen LogP contribution in [0.1, 0.15) is 56.7 Å². The summed E-state index contributed by atoms with van der Waals surface area (Å²) in [6.45, 7) is 4.28. The zero-order chi connectivity index (χ0) is 17.7. The van der Waals surface area contributed by atoms with Crippen molar-refractivity contribution in [2.45, 2.75) is 58.1 Å². The second kappa shape index (κ2) is 8.25. The molecular formula is C16H25N3O5. The molecular weight excluding hydrogens is 314 g/mol. The number of aliphatic hydroxyl groups excluding tert-OH is 1. The summed E-state index contributed by atoms with van der Waals surface area (Å²) in [5.41, 5.74) is 1.42. The van der Waals surface area contributed by atoms with Crippen molar-refractivity contribution in [3.05, 3.63) is 17.8 Å². The van der Waals surface area contributed by atoms with Gasteiger partial charge in [-0.05, 0) is 26.2 Å². The van der Waals surface area contributed by atoms with Gasteiger partial charge in [-0.15, -0.1) is 0 Å². The summed E-state index contributed by atoms with van der Waals surface area (Å²) in [5.74, 6) is -1.01. The van der Waals surface area contributed by atoms with Crippen molar-refractivity contribution >= 4 is 11.8 Å². The van der Waals surface area contributed by atoms with Gasteiger partial charge in [0.2, 0.25) is 11.8 Å². The molecule has 2 rings (SSSR count). The maximum atomic E-state index is 12.9. The summed E-state index contributed by atoms with van der Waals surface area (Å²) >= 11 is 0. The van der Waals surface area contributed by atoms with Gasteiger partial charge < -0.3 is 14.4 Å². The number of hydrogen-bond acceptors (Lipinski definition) is 6. The fourth-order valence-corrected chi connectivity index (χ4v) is 3.12. The van der Waals surface area contributed by atoms with Crippen molar-refractivity contribution in [3.8, 4) is 0 Å². The first-order valence-corrected chi connectivity index (χ1v) is 8.34. The third-order valence-electron chi connectivity index (χ3n) is 4.41. The molecule has 134 valence electrons. The van der Waals surface area contributed by atoms with Crippen LogP contribution < -0.4 is 5.48 Å². The molecule has 0 saturated carbocycles. The van der Waals surface area contributed by atoms with Gasteiger partial charge in [-0.25, -0.2) is 10.5 Å². The van der Waals surface area contributed by atoms with Crippen LogP contribution >= 0.6 is 0 Å². The number of carbonyl (C=O) groups is 2. The molecule has 1 aliphatic heterocycles. The van der Waals surface area contributed by atoms with E-state index in [-0.39, 0.29) is 11.9 Å². The summed E-state index contributed by atoms with van der Waals surface area (Å²) in [4.78, 5) is 30.3. The third kappa shape index (κ3) is 3.93. The van der Waals surface area contributed by atoms with Crippen molar-refractivity contribution < 1.29 is 24.3 Å². The number of rotatable bonds is 7. The van der Waals surface area contributed by atoms with Gasteiger partial charge >= 0.3 is 0 Å². The van der Waals surface area contributed by atoms with Gasteiger partial charge in [0, 0.05) is 6.54 Å². The SMILES string of the molecule is CCCC[C@@H](C(=O)N1CCC[C@H]1c1ncc(C)o1)[C@H](O)C(=O)NO. The Labute approximate surface area is 140 Å². The molecule has 2 amide bonds. The first-order valence-electron chi connectivity index (χ1n) is 8.34. The van der Waals surface area contributed by atoms with Gasteiger partial charge in [0.1, 0.15) is 17.9 Å². The Balaban J connectivity index is 2.18. The van der Waals surface area contributed by atoms with Gasteiger partial charge in [-0.2, -0.15) is 0 Å². The van der Waals surface area contributed by atoms with E-state index in [4.69, 9.17) is 9.62 Å². The lowest BCUT2D eigenvalue weighted by Crippen LogP contribution is -2.46. The lowest BCUT2D eigenvalue weighted by molar-refractivity contribution is -0.151. The van der Waals surface area contributed by atoms with E-state index in [1.165, 1.54) is 5.48 Å². The number of aliphatic hydroxyl groups is 1. The van der Waals surface area contributed by atoms with Crippen molar-refractivity contribution in [1.29, 1.82) is 0 Å². The number of oxazole rings is 1. The number of carbonyl (C=O) groups excluding carboxylic acids is 2. The van der Waals surface area contributed by atoms with Crippen LogP contribution in [0.2, 0.25) is 0 Å². The number of hydrogen-bond donors (Lipinski definition) is 3. The minimum Gasteiger partial charge on any atom is -0.444 e. The van der Waals surface area contributed by atoms with E-state index < -0.39 is 17.9 Å². The molecule has 2 heterocycles. The maximum absolute atomic E-state index is 12.9. The summed E-state index contributed by atoms with van der Waals surface area (Å²) in [6, 6.07) is -0.278. The molecule has 1 aromatic heterocycles. The molecule has 1 saturated heterocycles. The van der Waals surface area contributed by atoms with E-state index in [9.17, 15) is 14.7 Å². The van der Waals surface area contributed by atoms with Crippen molar-refractivity contribution in [2.24, 2.45) is 5.92 Å². The number of aryl methyl sites for hydroxylation is 1. The Kier molecular flexibility index (Phi) is 6.33. The molecule has 0 bridgehead atoms. The molecule has 0 spiro atoms. The number of unbranched alkanes of at least 4 members (excludes halogenated alkanes) is 1. The minimum atomic E-state index is -1.58. The average Bonchev–Trinajstić information content (AvgIpc) is 3.22. The fraction of sp³-hybridized carbons (Fsp3) is 0.688.